The lowest BCUT2D eigenvalue weighted by atomic mass is 10.2. The van der Waals surface area contributed by atoms with Crippen molar-refractivity contribution in [1.29, 1.82) is 0 Å². The minimum Gasteiger partial charge on any atom is -0.465 e. The van der Waals surface area contributed by atoms with Crippen LogP contribution in [-0.2, 0) is 16.1 Å². The van der Waals surface area contributed by atoms with Gasteiger partial charge in [-0.1, -0.05) is 11.6 Å². The highest BCUT2D eigenvalue weighted by Crippen LogP contribution is 2.33. The topological polar surface area (TPSA) is 41.6 Å². The highest BCUT2D eigenvalue weighted by molar-refractivity contribution is 9.10. The van der Waals surface area contributed by atoms with Gasteiger partial charge >= 0.3 is 5.97 Å². The zero-order valence-corrected chi connectivity index (χ0v) is 13.8. The van der Waals surface area contributed by atoms with Crippen molar-refractivity contribution in [3.63, 3.8) is 0 Å². The Morgan fingerprint density at radius 3 is 3.16 bits per heavy atom. The maximum atomic E-state index is 11.9. The zero-order chi connectivity index (χ0) is 13.8. The van der Waals surface area contributed by atoms with E-state index in [1.54, 1.807) is 0 Å². The van der Waals surface area contributed by atoms with Gasteiger partial charge in [-0.2, -0.15) is 0 Å². The maximum Gasteiger partial charge on any atom is 0.324 e. The van der Waals surface area contributed by atoms with Crippen LogP contribution in [0.4, 0.5) is 0 Å². The van der Waals surface area contributed by atoms with Crippen LogP contribution in [0.5, 0.6) is 0 Å². The first-order valence-corrected chi connectivity index (χ1v) is 8.15. The minimum absolute atomic E-state index is 0.156. The summed E-state index contributed by atoms with van der Waals surface area (Å²) in [6.45, 7) is 5.32. The second-order valence-electron chi connectivity index (χ2n) is 4.28. The van der Waals surface area contributed by atoms with E-state index in [0.29, 0.717) is 13.2 Å². The first-order valence-electron chi connectivity index (χ1n) is 6.17. The molecule has 7 heteroatoms. The van der Waals surface area contributed by atoms with E-state index in [4.69, 9.17) is 16.3 Å². The van der Waals surface area contributed by atoms with Crippen LogP contribution in [0, 0.1) is 0 Å². The third kappa shape index (κ3) is 3.92. The molecule has 1 atom stereocenters. The van der Waals surface area contributed by atoms with Crippen LogP contribution in [0.1, 0.15) is 11.8 Å². The number of nitrogens with one attached hydrogen (secondary N) is 1. The molecule has 1 aromatic heterocycles. The molecular formula is C12H16BrClN2O2S. The van der Waals surface area contributed by atoms with E-state index in [2.05, 4.69) is 26.1 Å². The van der Waals surface area contributed by atoms with Gasteiger partial charge in [-0.15, -0.1) is 11.3 Å². The quantitative estimate of drug-likeness (QED) is 0.830. The van der Waals surface area contributed by atoms with Gasteiger partial charge in [-0.3, -0.25) is 9.69 Å². The number of piperazine rings is 1. The van der Waals surface area contributed by atoms with Crippen LogP contribution >= 0.6 is 38.9 Å². The Balaban J connectivity index is 2.05. The van der Waals surface area contributed by atoms with E-state index >= 15 is 0 Å². The summed E-state index contributed by atoms with van der Waals surface area (Å²) >= 11 is 11.0. The van der Waals surface area contributed by atoms with E-state index < -0.39 is 0 Å². The average molecular weight is 368 g/mol. The van der Waals surface area contributed by atoms with E-state index in [-0.39, 0.29) is 12.0 Å². The lowest BCUT2D eigenvalue weighted by Gasteiger charge is -2.34. The fraction of sp³-hybridized carbons (Fsp3) is 0.583. The van der Waals surface area contributed by atoms with Gasteiger partial charge in [0.15, 0.2) is 0 Å². The Morgan fingerprint density at radius 1 is 1.74 bits per heavy atom. The molecule has 0 bridgehead atoms. The van der Waals surface area contributed by atoms with Crippen molar-refractivity contribution < 1.29 is 9.53 Å². The highest BCUT2D eigenvalue weighted by Gasteiger charge is 2.30. The van der Waals surface area contributed by atoms with E-state index in [0.717, 1.165) is 33.3 Å². The zero-order valence-electron chi connectivity index (χ0n) is 10.6. The number of thiophene rings is 1. The molecule has 19 heavy (non-hydrogen) atoms. The molecule has 1 aromatic rings. The summed E-state index contributed by atoms with van der Waals surface area (Å²) in [6, 6.07) is 1.80. The molecule has 1 unspecified atom stereocenters. The highest BCUT2D eigenvalue weighted by atomic mass is 79.9. The van der Waals surface area contributed by atoms with Gasteiger partial charge in [0, 0.05) is 35.5 Å². The molecule has 1 aliphatic rings. The number of hydrogen-bond donors (Lipinski definition) is 1. The van der Waals surface area contributed by atoms with Gasteiger partial charge in [0.05, 0.1) is 6.61 Å². The molecule has 106 valence electrons. The summed E-state index contributed by atoms with van der Waals surface area (Å²) in [5.41, 5.74) is 0. The second kappa shape index (κ2) is 7.04. The SMILES string of the molecule is CCOC(=O)C1CNCCN1Cc1cc(Br)c(Cl)s1. The summed E-state index contributed by atoms with van der Waals surface area (Å²) in [5, 5.41) is 3.23. The molecule has 2 heterocycles. The van der Waals surface area contributed by atoms with Crippen LogP contribution < -0.4 is 5.32 Å². The number of carbonyl (C=O) groups excluding carboxylic acids is 1. The Bertz CT molecular complexity index is 435. The van der Waals surface area contributed by atoms with Gasteiger partial charge in [0.2, 0.25) is 0 Å². The molecule has 0 aliphatic carbocycles. The second-order valence-corrected chi connectivity index (χ2v) is 6.87. The lowest BCUT2D eigenvalue weighted by Crippen LogP contribution is -2.54. The van der Waals surface area contributed by atoms with Gasteiger partial charge in [-0.05, 0) is 28.9 Å². The lowest BCUT2D eigenvalue weighted by molar-refractivity contribution is -0.150. The van der Waals surface area contributed by atoms with Gasteiger partial charge in [0.25, 0.3) is 0 Å². The largest absolute Gasteiger partial charge is 0.465 e. The molecule has 1 N–H and O–H groups in total. The normalized spacial score (nSPS) is 20.5. The molecule has 4 nitrogen and oxygen atoms in total. The Morgan fingerprint density at radius 2 is 2.53 bits per heavy atom. The summed E-state index contributed by atoms with van der Waals surface area (Å²) in [4.78, 5) is 15.2. The molecule has 0 spiro atoms. The number of carbonyl (C=O) groups is 1. The standard InChI is InChI=1S/C12H16BrClN2O2S/c1-2-18-12(17)10-6-15-3-4-16(10)7-8-5-9(13)11(14)19-8/h5,10,15H,2-4,6-7H2,1H3. The first kappa shape index (κ1) is 15.3. The van der Waals surface area contributed by atoms with Crippen LogP contribution in [0.2, 0.25) is 4.34 Å². The van der Waals surface area contributed by atoms with Crippen molar-refractivity contribution in [2.45, 2.75) is 19.5 Å². The molecule has 1 aliphatic heterocycles. The fourth-order valence-electron chi connectivity index (χ4n) is 2.08. The Kier molecular flexibility index (Phi) is 5.65. The Hall–Kier alpha value is -0.140. The van der Waals surface area contributed by atoms with Crippen molar-refractivity contribution in [2.75, 3.05) is 26.2 Å². The number of halogens is 2. The summed E-state index contributed by atoms with van der Waals surface area (Å²) in [7, 11) is 0. The van der Waals surface area contributed by atoms with E-state index in [9.17, 15) is 4.79 Å². The summed E-state index contributed by atoms with van der Waals surface area (Å²) < 4.78 is 6.79. The van der Waals surface area contributed by atoms with Crippen molar-refractivity contribution in [1.82, 2.24) is 10.2 Å². The average Bonchev–Trinajstić information content (AvgIpc) is 2.69. The van der Waals surface area contributed by atoms with Crippen LogP contribution in [0.25, 0.3) is 0 Å². The van der Waals surface area contributed by atoms with Crippen LogP contribution in [0.3, 0.4) is 0 Å². The summed E-state index contributed by atoms with van der Waals surface area (Å²) in [6.07, 6.45) is 0. The van der Waals surface area contributed by atoms with E-state index in [1.165, 1.54) is 11.3 Å². The summed E-state index contributed by atoms with van der Waals surface area (Å²) in [5.74, 6) is -0.156. The molecule has 0 aromatic carbocycles. The maximum absolute atomic E-state index is 11.9. The monoisotopic (exact) mass is 366 g/mol. The number of ether oxygens (including phenoxy) is 1. The van der Waals surface area contributed by atoms with Gasteiger partial charge < -0.3 is 10.1 Å². The number of nitrogens with zero attached hydrogens (tertiary/aromatic N) is 1. The minimum atomic E-state index is -0.214. The predicted octanol–water partition coefficient (Wildman–Crippen LogP) is 2.50. The number of esters is 1. The third-order valence-electron chi connectivity index (χ3n) is 2.97. The molecule has 0 saturated carbocycles. The Labute approximate surface area is 130 Å². The van der Waals surface area contributed by atoms with Gasteiger partial charge in [-0.25, -0.2) is 0 Å². The van der Waals surface area contributed by atoms with Crippen molar-refractivity contribution >= 4 is 44.8 Å². The van der Waals surface area contributed by atoms with Crippen molar-refractivity contribution in [3.8, 4) is 0 Å². The predicted molar refractivity (Wildman–Crippen MR) is 80.7 cm³/mol. The molecular weight excluding hydrogens is 352 g/mol. The third-order valence-corrected chi connectivity index (χ3v) is 5.43. The molecule has 0 radical (unpaired) electrons. The van der Waals surface area contributed by atoms with Crippen molar-refractivity contribution in [3.05, 3.63) is 19.8 Å². The molecule has 1 saturated heterocycles. The van der Waals surface area contributed by atoms with E-state index in [1.807, 2.05) is 13.0 Å². The molecule has 2 rings (SSSR count). The number of hydrogen-bond acceptors (Lipinski definition) is 5. The van der Waals surface area contributed by atoms with Crippen molar-refractivity contribution in [2.24, 2.45) is 0 Å². The van der Waals surface area contributed by atoms with Crippen LogP contribution in [-0.4, -0.2) is 43.2 Å². The van der Waals surface area contributed by atoms with Crippen LogP contribution in [0.15, 0.2) is 10.5 Å². The first-order chi connectivity index (χ1) is 9.11. The fourth-order valence-corrected chi connectivity index (χ4v) is 3.89. The smallest absolute Gasteiger partial charge is 0.324 e. The molecule has 1 fully saturated rings. The molecule has 0 amide bonds. The van der Waals surface area contributed by atoms with Gasteiger partial charge in [0.1, 0.15) is 10.4 Å². The number of rotatable bonds is 4.